The molecule has 0 aromatic rings. The lowest BCUT2D eigenvalue weighted by Gasteiger charge is -2.38. The third-order valence-corrected chi connectivity index (χ3v) is 2.87. The van der Waals surface area contributed by atoms with Crippen molar-refractivity contribution in [2.24, 2.45) is 0 Å². The number of nitrogens with zero attached hydrogens (tertiary/aromatic N) is 2. The monoisotopic (exact) mass is 272 g/mol. The first-order valence-corrected chi connectivity index (χ1v) is 6.17. The van der Waals surface area contributed by atoms with Crippen LogP contribution in [0.15, 0.2) is 12.7 Å². The molecule has 1 fully saturated rings. The van der Waals surface area contributed by atoms with Crippen molar-refractivity contribution in [3.8, 4) is 0 Å². The van der Waals surface area contributed by atoms with E-state index >= 15 is 0 Å². The van der Waals surface area contributed by atoms with Crippen LogP contribution in [0.3, 0.4) is 0 Å². The molecule has 108 valence electrons. The fourth-order valence-electron chi connectivity index (χ4n) is 2.00. The van der Waals surface area contributed by atoms with Gasteiger partial charge in [-0.1, -0.05) is 6.08 Å². The maximum Gasteiger partial charge on any atom is 0.320 e. The van der Waals surface area contributed by atoms with Crippen molar-refractivity contribution in [3.63, 3.8) is 0 Å². The topological polar surface area (TPSA) is 90.3 Å². The van der Waals surface area contributed by atoms with E-state index in [4.69, 9.17) is 14.9 Å². The number of carbonyl (C=O) groups is 2. The number of carboxylic acid groups (broad SMARTS) is 1. The predicted octanol–water partition coefficient (Wildman–Crippen LogP) is -0.238. The number of aliphatic hydroxyl groups is 1. The molecular formula is C12H20N2O5. The Labute approximate surface area is 112 Å². The van der Waals surface area contributed by atoms with Gasteiger partial charge in [-0.05, 0) is 0 Å². The Bertz CT molecular complexity index is 334. The van der Waals surface area contributed by atoms with Gasteiger partial charge in [0.25, 0.3) is 0 Å². The molecule has 1 saturated heterocycles. The molecule has 1 heterocycles. The van der Waals surface area contributed by atoms with Crippen LogP contribution in [0.5, 0.6) is 0 Å². The maximum absolute atomic E-state index is 12.3. The summed E-state index contributed by atoms with van der Waals surface area (Å²) in [5, 5.41) is 17.8. The van der Waals surface area contributed by atoms with Gasteiger partial charge < -0.3 is 24.7 Å². The highest BCUT2D eigenvalue weighted by molar-refractivity contribution is 5.76. The summed E-state index contributed by atoms with van der Waals surface area (Å²) in [6.45, 7) is 4.90. The van der Waals surface area contributed by atoms with E-state index in [2.05, 4.69) is 6.58 Å². The lowest BCUT2D eigenvalue weighted by Crippen LogP contribution is -2.54. The molecule has 1 atom stereocenters. The van der Waals surface area contributed by atoms with E-state index in [0.29, 0.717) is 19.7 Å². The SMILES string of the molecule is C=CCN(CCO)C(=O)N1CCOCC1CC(=O)O. The summed E-state index contributed by atoms with van der Waals surface area (Å²) in [4.78, 5) is 26.0. The molecule has 0 aliphatic carbocycles. The van der Waals surface area contributed by atoms with Gasteiger partial charge in [-0.3, -0.25) is 4.79 Å². The lowest BCUT2D eigenvalue weighted by molar-refractivity contribution is -0.139. The number of urea groups is 1. The van der Waals surface area contributed by atoms with E-state index < -0.39 is 12.0 Å². The minimum absolute atomic E-state index is 0.145. The summed E-state index contributed by atoms with van der Waals surface area (Å²) in [5.41, 5.74) is 0. The van der Waals surface area contributed by atoms with Crippen molar-refractivity contribution < 1.29 is 24.5 Å². The van der Waals surface area contributed by atoms with Crippen molar-refractivity contribution in [3.05, 3.63) is 12.7 Å². The van der Waals surface area contributed by atoms with Crippen LogP contribution in [0.4, 0.5) is 4.79 Å². The van der Waals surface area contributed by atoms with Crippen molar-refractivity contribution >= 4 is 12.0 Å². The van der Waals surface area contributed by atoms with Crippen molar-refractivity contribution in [2.75, 3.05) is 39.5 Å². The number of hydrogen-bond acceptors (Lipinski definition) is 4. The van der Waals surface area contributed by atoms with E-state index in [1.165, 1.54) is 9.80 Å². The zero-order valence-electron chi connectivity index (χ0n) is 10.8. The van der Waals surface area contributed by atoms with Crippen LogP contribution < -0.4 is 0 Å². The van der Waals surface area contributed by atoms with Crippen LogP contribution >= 0.6 is 0 Å². The number of aliphatic carboxylic acids is 1. The Hall–Kier alpha value is -1.60. The first-order valence-electron chi connectivity index (χ1n) is 6.17. The van der Waals surface area contributed by atoms with Gasteiger partial charge in [-0.15, -0.1) is 6.58 Å². The van der Waals surface area contributed by atoms with Crippen LogP contribution in [0, 0.1) is 0 Å². The van der Waals surface area contributed by atoms with E-state index in [1.54, 1.807) is 6.08 Å². The number of aliphatic hydroxyl groups excluding tert-OH is 1. The number of hydrogen-bond donors (Lipinski definition) is 2. The molecule has 1 unspecified atom stereocenters. The quantitative estimate of drug-likeness (QED) is 0.651. The van der Waals surface area contributed by atoms with E-state index in [0.717, 1.165) is 0 Å². The molecule has 0 spiro atoms. The maximum atomic E-state index is 12.3. The Morgan fingerprint density at radius 1 is 1.53 bits per heavy atom. The highest BCUT2D eigenvalue weighted by atomic mass is 16.5. The Morgan fingerprint density at radius 3 is 2.84 bits per heavy atom. The van der Waals surface area contributed by atoms with Gasteiger partial charge in [-0.25, -0.2) is 4.79 Å². The Balaban J connectivity index is 2.73. The molecular weight excluding hydrogens is 252 g/mol. The molecule has 0 saturated carbocycles. The number of carboxylic acids is 1. The van der Waals surface area contributed by atoms with Gasteiger partial charge in [0.2, 0.25) is 0 Å². The second kappa shape index (κ2) is 7.75. The summed E-state index contributed by atoms with van der Waals surface area (Å²) in [7, 11) is 0. The average Bonchev–Trinajstić information content (AvgIpc) is 2.38. The highest BCUT2D eigenvalue weighted by Crippen LogP contribution is 2.13. The number of carbonyl (C=O) groups excluding carboxylic acids is 1. The highest BCUT2D eigenvalue weighted by Gasteiger charge is 2.31. The fraction of sp³-hybridized carbons (Fsp3) is 0.667. The molecule has 1 aliphatic rings. The van der Waals surface area contributed by atoms with Gasteiger partial charge >= 0.3 is 12.0 Å². The molecule has 1 aliphatic heterocycles. The number of morpholine rings is 1. The molecule has 1 rings (SSSR count). The van der Waals surface area contributed by atoms with E-state index in [9.17, 15) is 9.59 Å². The predicted molar refractivity (Wildman–Crippen MR) is 67.8 cm³/mol. The minimum atomic E-state index is -0.967. The molecule has 19 heavy (non-hydrogen) atoms. The summed E-state index contributed by atoms with van der Waals surface area (Å²) >= 11 is 0. The third kappa shape index (κ3) is 4.53. The number of ether oxygens (including phenoxy) is 1. The molecule has 7 heteroatoms. The van der Waals surface area contributed by atoms with Crippen LogP contribution in [0.25, 0.3) is 0 Å². The molecule has 2 amide bonds. The van der Waals surface area contributed by atoms with Crippen molar-refractivity contribution in [1.29, 1.82) is 0 Å². The second-order valence-corrected chi connectivity index (χ2v) is 4.26. The van der Waals surface area contributed by atoms with Crippen molar-refractivity contribution in [2.45, 2.75) is 12.5 Å². The van der Waals surface area contributed by atoms with Crippen LogP contribution in [0.1, 0.15) is 6.42 Å². The van der Waals surface area contributed by atoms with Gasteiger partial charge in [0.15, 0.2) is 0 Å². The van der Waals surface area contributed by atoms with Gasteiger partial charge in [-0.2, -0.15) is 0 Å². The molecule has 0 bridgehead atoms. The summed E-state index contributed by atoms with van der Waals surface area (Å²) in [5.74, 6) is -0.967. The number of amides is 2. The standard InChI is InChI=1S/C12H20N2O5/c1-2-3-13(4-6-15)12(18)14-5-7-19-9-10(14)8-11(16)17/h2,10,15H,1,3-9H2,(H,16,17). The molecule has 2 N–H and O–H groups in total. The van der Waals surface area contributed by atoms with Gasteiger partial charge in [0.05, 0.1) is 32.3 Å². The van der Waals surface area contributed by atoms with Crippen LogP contribution in [-0.2, 0) is 9.53 Å². The average molecular weight is 272 g/mol. The van der Waals surface area contributed by atoms with Crippen LogP contribution in [-0.4, -0.2) is 77.5 Å². The van der Waals surface area contributed by atoms with Crippen molar-refractivity contribution in [1.82, 2.24) is 9.80 Å². The largest absolute Gasteiger partial charge is 0.481 e. The van der Waals surface area contributed by atoms with Gasteiger partial charge in [0, 0.05) is 19.6 Å². The Morgan fingerprint density at radius 2 is 2.26 bits per heavy atom. The first kappa shape index (κ1) is 15.5. The van der Waals surface area contributed by atoms with Crippen LogP contribution in [0.2, 0.25) is 0 Å². The normalized spacial score (nSPS) is 19.0. The summed E-state index contributed by atoms with van der Waals surface area (Å²) < 4.78 is 5.22. The number of rotatable bonds is 6. The molecule has 0 aromatic heterocycles. The smallest absolute Gasteiger partial charge is 0.320 e. The molecule has 0 aromatic carbocycles. The Kier molecular flexibility index (Phi) is 6.31. The first-order chi connectivity index (χ1) is 9.10. The van der Waals surface area contributed by atoms with E-state index in [-0.39, 0.29) is 32.2 Å². The fourth-order valence-corrected chi connectivity index (χ4v) is 2.00. The second-order valence-electron chi connectivity index (χ2n) is 4.26. The molecule has 0 radical (unpaired) electrons. The van der Waals surface area contributed by atoms with Gasteiger partial charge in [0.1, 0.15) is 0 Å². The minimum Gasteiger partial charge on any atom is -0.481 e. The zero-order valence-corrected chi connectivity index (χ0v) is 10.8. The zero-order chi connectivity index (χ0) is 14.3. The lowest BCUT2D eigenvalue weighted by atomic mass is 10.1. The molecule has 7 nitrogen and oxygen atoms in total. The van der Waals surface area contributed by atoms with E-state index in [1.807, 2.05) is 0 Å². The third-order valence-electron chi connectivity index (χ3n) is 2.87. The summed E-state index contributed by atoms with van der Waals surface area (Å²) in [6.07, 6.45) is 1.42. The summed E-state index contributed by atoms with van der Waals surface area (Å²) in [6, 6.07) is -0.756.